The molecule has 1 N–H and O–H groups in total. The Hall–Kier alpha value is -2.55. The molecule has 3 heteroatoms. The summed E-state index contributed by atoms with van der Waals surface area (Å²) in [5.74, 6) is 0.281. The summed E-state index contributed by atoms with van der Waals surface area (Å²) in [6, 6.07) is 19.3. The highest BCUT2D eigenvalue weighted by molar-refractivity contribution is 5.92. The van der Waals surface area contributed by atoms with Crippen LogP contribution in [0.15, 0.2) is 54.6 Å². The van der Waals surface area contributed by atoms with Gasteiger partial charge in [0.05, 0.1) is 11.7 Å². The van der Waals surface area contributed by atoms with Gasteiger partial charge in [-0.1, -0.05) is 55.5 Å². The Balaban J connectivity index is 1.92. The van der Waals surface area contributed by atoms with Gasteiger partial charge in [-0.05, 0) is 31.4 Å². The van der Waals surface area contributed by atoms with Crippen molar-refractivity contribution in [1.82, 2.24) is 9.88 Å². The van der Waals surface area contributed by atoms with E-state index in [9.17, 15) is 4.79 Å². The number of nitrogens with one attached hydrogen (secondary N) is 1. The second-order valence-corrected chi connectivity index (χ2v) is 6.94. The Morgan fingerprint density at radius 3 is 2.60 bits per heavy atom. The first kappa shape index (κ1) is 15.9. The highest BCUT2D eigenvalue weighted by Crippen LogP contribution is 2.43. The van der Waals surface area contributed by atoms with Gasteiger partial charge in [0.1, 0.15) is 0 Å². The van der Waals surface area contributed by atoms with Crippen molar-refractivity contribution in [2.24, 2.45) is 0 Å². The van der Waals surface area contributed by atoms with Gasteiger partial charge < -0.3 is 9.88 Å². The van der Waals surface area contributed by atoms with Gasteiger partial charge in [-0.2, -0.15) is 0 Å². The van der Waals surface area contributed by atoms with E-state index < -0.39 is 0 Å². The number of aromatic nitrogens is 1. The molecular formula is C22H24N2O. The lowest BCUT2D eigenvalue weighted by Gasteiger charge is -2.31. The Labute approximate surface area is 148 Å². The monoisotopic (exact) mass is 332 g/mol. The van der Waals surface area contributed by atoms with Crippen LogP contribution in [0, 0.1) is 0 Å². The molecule has 1 aromatic heterocycles. The molecule has 2 atom stereocenters. The van der Waals surface area contributed by atoms with Crippen LogP contribution in [0.5, 0.6) is 0 Å². The second kappa shape index (κ2) is 6.40. The summed E-state index contributed by atoms with van der Waals surface area (Å²) in [6.45, 7) is 4.31. The lowest BCUT2D eigenvalue weighted by Crippen LogP contribution is -2.35. The molecule has 128 valence electrons. The van der Waals surface area contributed by atoms with E-state index >= 15 is 0 Å². The van der Waals surface area contributed by atoms with E-state index in [0.29, 0.717) is 6.42 Å². The largest absolute Gasteiger partial charge is 0.354 e. The molecule has 25 heavy (non-hydrogen) atoms. The Kier molecular flexibility index (Phi) is 4.08. The maximum atomic E-state index is 12.6. The van der Waals surface area contributed by atoms with Crippen molar-refractivity contribution >= 4 is 16.8 Å². The van der Waals surface area contributed by atoms with Gasteiger partial charge >= 0.3 is 0 Å². The van der Waals surface area contributed by atoms with E-state index in [1.54, 1.807) is 0 Å². The molecule has 3 nitrogen and oxygen atoms in total. The smallest absolute Gasteiger partial charge is 0.223 e. The number of fused-ring (bicyclic) bond motifs is 1. The molecule has 0 saturated carbocycles. The highest BCUT2D eigenvalue weighted by atomic mass is 16.2. The summed E-state index contributed by atoms with van der Waals surface area (Å²) in [5.41, 5.74) is 4.74. The molecule has 4 rings (SSSR count). The summed E-state index contributed by atoms with van der Waals surface area (Å²) >= 11 is 0. The molecule has 0 unspecified atom stereocenters. The van der Waals surface area contributed by atoms with Crippen LogP contribution in [-0.4, -0.2) is 21.8 Å². The minimum absolute atomic E-state index is 0.147. The normalized spacial score (nSPS) is 18.9. The van der Waals surface area contributed by atoms with E-state index in [1.807, 2.05) is 6.07 Å². The van der Waals surface area contributed by atoms with Gasteiger partial charge in [-0.3, -0.25) is 4.79 Å². The van der Waals surface area contributed by atoms with Crippen molar-refractivity contribution in [3.63, 3.8) is 0 Å². The lowest BCUT2D eigenvalue weighted by atomic mass is 9.96. The average molecular weight is 332 g/mol. The molecule has 3 aromatic rings. The first-order valence-corrected chi connectivity index (χ1v) is 9.18. The van der Waals surface area contributed by atoms with E-state index in [2.05, 4.69) is 72.3 Å². The van der Waals surface area contributed by atoms with Crippen molar-refractivity contribution in [3.8, 4) is 11.3 Å². The third-order valence-corrected chi connectivity index (χ3v) is 5.46. The summed E-state index contributed by atoms with van der Waals surface area (Å²) in [7, 11) is 0. The van der Waals surface area contributed by atoms with Crippen LogP contribution in [0.25, 0.3) is 22.2 Å². The van der Waals surface area contributed by atoms with Crippen molar-refractivity contribution in [2.75, 3.05) is 0 Å². The molecule has 1 fully saturated rings. The molecule has 1 aliphatic heterocycles. The van der Waals surface area contributed by atoms with Gasteiger partial charge in [-0.25, -0.2) is 0 Å². The summed E-state index contributed by atoms with van der Waals surface area (Å²) < 4.78 is 0. The van der Waals surface area contributed by atoms with Crippen LogP contribution in [0.4, 0.5) is 0 Å². The predicted molar refractivity (Wildman–Crippen MR) is 102 cm³/mol. The highest BCUT2D eigenvalue weighted by Gasteiger charge is 2.37. The Bertz CT molecular complexity index is 897. The first-order valence-electron chi connectivity index (χ1n) is 9.18. The average Bonchev–Trinajstić information content (AvgIpc) is 3.22. The maximum Gasteiger partial charge on any atom is 0.223 e. The topological polar surface area (TPSA) is 36.1 Å². The number of H-pyrrole nitrogens is 1. The van der Waals surface area contributed by atoms with Crippen LogP contribution in [0.2, 0.25) is 0 Å². The van der Waals surface area contributed by atoms with Crippen LogP contribution in [0.1, 0.15) is 44.7 Å². The molecule has 0 bridgehead atoms. The minimum atomic E-state index is 0.147. The quantitative estimate of drug-likeness (QED) is 0.691. The number of hydrogen-bond donors (Lipinski definition) is 1. The zero-order chi connectivity index (χ0) is 17.4. The maximum absolute atomic E-state index is 12.6. The number of hydrogen-bond acceptors (Lipinski definition) is 1. The molecule has 0 spiro atoms. The number of amides is 1. The van der Waals surface area contributed by atoms with Crippen molar-refractivity contribution in [2.45, 2.75) is 45.2 Å². The van der Waals surface area contributed by atoms with Gasteiger partial charge in [-0.15, -0.1) is 0 Å². The molecular weight excluding hydrogens is 308 g/mol. The third kappa shape index (κ3) is 2.64. The molecule has 2 aromatic carbocycles. The third-order valence-electron chi connectivity index (χ3n) is 5.46. The number of carbonyl (C=O) groups excluding carboxylic acids is 1. The van der Waals surface area contributed by atoms with E-state index in [4.69, 9.17) is 0 Å². The molecule has 1 amide bonds. The van der Waals surface area contributed by atoms with Crippen molar-refractivity contribution < 1.29 is 4.79 Å². The zero-order valence-electron chi connectivity index (χ0n) is 14.8. The second-order valence-electron chi connectivity index (χ2n) is 6.94. The van der Waals surface area contributed by atoms with E-state index in [-0.39, 0.29) is 18.0 Å². The summed E-state index contributed by atoms with van der Waals surface area (Å²) in [6.07, 6.45) is 2.51. The van der Waals surface area contributed by atoms with Gasteiger partial charge in [0, 0.05) is 28.9 Å². The standard InChI is InChI=1S/C22H24N2O/c1-3-15(2)24-19(13-14-20(24)25)21-17-11-7-8-12-18(17)23-22(21)16-9-5-4-6-10-16/h4-12,15,19,23H,3,13-14H2,1-2H3/t15-,19-/m0/s1. The minimum Gasteiger partial charge on any atom is -0.354 e. The lowest BCUT2D eigenvalue weighted by molar-refractivity contribution is -0.131. The van der Waals surface area contributed by atoms with Crippen LogP contribution < -0.4 is 0 Å². The fourth-order valence-electron chi connectivity index (χ4n) is 4.08. The number of aromatic amines is 1. The van der Waals surface area contributed by atoms with Gasteiger partial charge in [0.25, 0.3) is 0 Å². The predicted octanol–water partition coefficient (Wildman–Crippen LogP) is 5.30. The molecule has 0 radical (unpaired) electrons. The summed E-state index contributed by atoms with van der Waals surface area (Å²) in [5, 5.41) is 1.23. The first-order chi connectivity index (χ1) is 12.2. The molecule has 0 aliphatic carbocycles. The molecule has 1 aliphatic rings. The number of rotatable bonds is 4. The number of benzene rings is 2. The Morgan fingerprint density at radius 2 is 1.84 bits per heavy atom. The van der Waals surface area contributed by atoms with Crippen molar-refractivity contribution in [3.05, 3.63) is 60.2 Å². The van der Waals surface area contributed by atoms with E-state index in [1.165, 1.54) is 16.5 Å². The van der Waals surface area contributed by atoms with Gasteiger partial charge in [0.15, 0.2) is 0 Å². The number of nitrogens with zero attached hydrogens (tertiary/aromatic N) is 1. The van der Waals surface area contributed by atoms with Crippen LogP contribution >= 0.6 is 0 Å². The fraction of sp³-hybridized carbons (Fsp3) is 0.318. The molecule has 1 saturated heterocycles. The van der Waals surface area contributed by atoms with Crippen LogP contribution in [-0.2, 0) is 4.79 Å². The fourth-order valence-corrected chi connectivity index (χ4v) is 4.08. The van der Waals surface area contributed by atoms with Crippen LogP contribution in [0.3, 0.4) is 0 Å². The number of carbonyl (C=O) groups is 1. The van der Waals surface area contributed by atoms with Crippen molar-refractivity contribution in [1.29, 1.82) is 0 Å². The summed E-state index contributed by atoms with van der Waals surface area (Å²) in [4.78, 5) is 18.3. The Morgan fingerprint density at radius 1 is 1.12 bits per heavy atom. The van der Waals surface area contributed by atoms with E-state index in [0.717, 1.165) is 24.1 Å². The zero-order valence-corrected chi connectivity index (χ0v) is 14.8. The number of likely N-dealkylation sites (tertiary alicyclic amines) is 1. The van der Waals surface area contributed by atoms with Gasteiger partial charge in [0.2, 0.25) is 5.91 Å². The molecule has 2 heterocycles. The SMILES string of the molecule is CC[C@H](C)N1C(=O)CC[C@H]1c1c(-c2ccccc2)[nH]c2ccccc12. The number of para-hydroxylation sites is 1.